The van der Waals surface area contributed by atoms with Crippen LogP contribution < -0.4 is 14.4 Å². The highest BCUT2D eigenvalue weighted by atomic mass is 19.1. The van der Waals surface area contributed by atoms with Crippen molar-refractivity contribution < 1.29 is 37.9 Å². The molecule has 8 rings (SSSR count). The highest BCUT2D eigenvalue weighted by Crippen LogP contribution is 2.49. The molecule has 0 amide bonds. The molecule has 1 saturated carbocycles. The van der Waals surface area contributed by atoms with Crippen LogP contribution in [0.15, 0.2) is 24.3 Å². The third kappa shape index (κ3) is 6.57. The number of aromatic hydroxyl groups is 1. The summed E-state index contributed by atoms with van der Waals surface area (Å²) in [6.07, 6.45) is 12.1. The van der Waals surface area contributed by atoms with Gasteiger partial charge in [0.05, 0.1) is 37.6 Å². The average Bonchev–Trinajstić information content (AvgIpc) is 3.73. The molecular formula is C41H47F2N5O6. The topological polar surface area (TPSA) is 123 Å². The van der Waals surface area contributed by atoms with Crippen LogP contribution in [0.2, 0.25) is 0 Å². The number of anilines is 1. The first kappa shape index (κ1) is 36.6. The predicted molar refractivity (Wildman–Crippen MR) is 200 cm³/mol. The van der Waals surface area contributed by atoms with Crippen molar-refractivity contribution in [2.24, 2.45) is 5.41 Å². The summed E-state index contributed by atoms with van der Waals surface area (Å²) in [7, 11) is 1.41. The first-order chi connectivity index (χ1) is 25.8. The van der Waals surface area contributed by atoms with Crippen LogP contribution in [-0.4, -0.2) is 100 Å². The number of terminal acetylenes is 1. The molecule has 0 spiro atoms. The number of phenols is 1. The van der Waals surface area contributed by atoms with Gasteiger partial charge in [-0.25, -0.2) is 13.8 Å². The molecule has 0 bridgehead atoms. The number of piperidine rings is 2. The maximum absolute atomic E-state index is 17.3. The molecule has 2 aromatic carbocycles. The molecule has 2 N–H and O–H groups in total. The normalized spacial score (nSPS) is 27.0. The van der Waals surface area contributed by atoms with Gasteiger partial charge in [0.2, 0.25) is 5.88 Å². The van der Waals surface area contributed by atoms with Crippen molar-refractivity contribution in [3.63, 3.8) is 0 Å². The zero-order valence-corrected chi connectivity index (χ0v) is 31.3. The fourth-order valence-corrected chi connectivity index (χ4v) is 9.43. The Morgan fingerprint density at radius 3 is 2.57 bits per heavy atom. The van der Waals surface area contributed by atoms with Gasteiger partial charge in [-0.3, -0.25) is 4.90 Å². The monoisotopic (exact) mass is 743 g/mol. The molecular weight excluding hydrogens is 696 g/mol. The van der Waals surface area contributed by atoms with Crippen molar-refractivity contribution >= 4 is 27.5 Å². The largest absolute Gasteiger partial charge is 0.508 e. The number of pyridine rings is 1. The van der Waals surface area contributed by atoms with Crippen molar-refractivity contribution in [1.29, 1.82) is 0 Å². The lowest BCUT2D eigenvalue weighted by Gasteiger charge is -2.46. The maximum Gasteiger partial charge on any atom is 0.319 e. The molecule has 0 unspecified atom stereocenters. The van der Waals surface area contributed by atoms with Crippen molar-refractivity contribution in [2.75, 3.05) is 51.4 Å². The zero-order valence-electron chi connectivity index (χ0n) is 31.3. The number of halogens is 2. The third-order valence-electron chi connectivity index (χ3n) is 11.7. The van der Waals surface area contributed by atoms with Gasteiger partial charge in [-0.1, -0.05) is 18.4 Å². The lowest BCUT2D eigenvalue weighted by atomic mass is 9.75. The van der Waals surface area contributed by atoms with Crippen molar-refractivity contribution in [3.05, 3.63) is 41.5 Å². The Morgan fingerprint density at radius 2 is 1.83 bits per heavy atom. The minimum Gasteiger partial charge on any atom is -0.508 e. The van der Waals surface area contributed by atoms with Gasteiger partial charge in [0.15, 0.2) is 11.6 Å². The molecule has 4 fully saturated rings. The first-order valence-electron chi connectivity index (χ1n) is 18.8. The van der Waals surface area contributed by atoms with Crippen LogP contribution in [0.5, 0.6) is 17.6 Å². The predicted octanol–water partition coefficient (Wildman–Crippen LogP) is 6.33. The van der Waals surface area contributed by atoms with Gasteiger partial charge < -0.3 is 34.1 Å². The van der Waals surface area contributed by atoms with Crippen molar-refractivity contribution in [2.45, 2.75) is 89.3 Å². The highest BCUT2D eigenvalue weighted by Gasteiger charge is 2.49. The Balaban J connectivity index is 1.22. The quantitative estimate of drug-likeness (QED) is 0.197. The molecule has 3 saturated heterocycles. The number of hydrogen-bond donors (Lipinski definition) is 2. The summed E-state index contributed by atoms with van der Waals surface area (Å²) in [6, 6.07) is 5.67. The van der Waals surface area contributed by atoms with E-state index in [4.69, 9.17) is 35.3 Å². The molecule has 13 heteroatoms. The van der Waals surface area contributed by atoms with E-state index in [-0.39, 0.29) is 74.9 Å². The molecule has 2 aromatic heterocycles. The molecule has 5 heterocycles. The lowest BCUT2D eigenvalue weighted by molar-refractivity contribution is -0.143. The Morgan fingerprint density at radius 1 is 1.04 bits per heavy atom. The second kappa shape index (κ2) is 13.7. The summed E-state index contributed by atoms with van der Waals surface area (Å²) in [5.74, 6) is 0.442. The number of aliphatic hydroxyl groups is 1. The van der Waals surface area contributed by atoms with E-state index in [0.29, 0.717) is 43.8 Å². The van der Waals surface area contributed by atoms with E-state index in [9.17, 15) is 10.2 Å². The average molecular weight is 744 g/mol. The van der Waals surface area contributed by atoms with Gasteiger partial charge >= 0.3 is 6.01 Å². The summed E-state index contributed by atoms with van der Waals surface area (Å²) in [5.41, 5.74) is -1.54. The van der Waals surface area contributed by atoms with Crippen LogP contribution in [0, 0.1) is 29.4 Å². The summed E-state index contributed by atoms with van der Waals surface area (Å²) in [6.45, 7) is 9.06. The lowest BCUT2D eigenvalue weighted by Crippen LogP contribution is -2.54. The van der Waals surface area contributed by atoms with Gasteiger partial charge in [-0.15, -0.1) is 6.42 Å². The fraction of sp³-hybridized carbons (Fsp3) is 0.537. The van der Waals surface area contributed by atoms with E-state index in [1.54, 1.807) is 6.92 Å². The van der Waals surface area contributed by atoms with Gasteiger partial charge in [0.1, 0.15) is 34.0 Å². The number of hydrogen-bond acceptors (Lipinski definition) is 11. The number of rotatable bonds is 8. The molecule has 286 valence electrons. The Labute approximate surface area is 313 Å². The maximum atomic E-state index is 17.3. The van der Waals surface area contributed by atoms with Crippen LogP contribution in [-0.2, 0) is 9.47 Å². The number of methoxy groups -OCH3 is 1. The molecule has 54 heavy (non-hydrogen) atoms. The molecule has 11 nitrogen and oxygen atoms in total. The first-order valence-corrected chi connectivity index (χ1v) is 18.8. The smallest absolute Gasteiger partial charge is 0.319 e. The van der Waals surface area contributed by atoms with E-state index in [1.165, 1.54) is 31.4 Å². The van der Waals surface area contributed by atoms with Crippen LogP contribution in [0.25, 0.3) is 32.9 Å². The molecule has 3 aliphatic heterocycles. The van der Waals surface area contributed by atoms with Crippen LogP contribution in [0.1, 0.15) is 71.3 Å². The Bertz CT molecular complexity index is 2160. The van der Waals surface area contributed by atoms with Crippen LogP contribution >= 0.6 is 0 Å². The van der Waals surface area contributed by atoms with E-state index in [2.05, 4.69) is 15.8 Å². The van der Waals surface area contributed by atoms with Gasteiger partial charge in [0, 0.05) is 42.0 Å². The number of β-amino-alcohol motifs (C(OH)–C–C–N with tert-alkyl or cyclic N) is 1. The van der Waals surface area contributed by atoms with Crippen molar-refractivity contribution in [3.8, 4) is 41.2 Å². The van der Waals surface area contributed by atoms with E-state index < -0.39 is 23.0 Å². The number of phenolic OH excluding ortho intramolecular Hbond substituents is 1. The number of fused-ring (bicyclic) bond motifs is 3. The minimum atomic E-state index is -1.02. The Kier molecular flexibility index (Phi) is 9.32. The second-order valence-corrected chi connectivity index (χ2v) is 16.1. The minimum absolute atomic E-state index is 0.0108. The van der Waals surface area contributed by atoms with Crippen molar-refractivity contribution in [1.82, 2.24) is 19.9 Å². The summed E-state index contributed by atoms with van der Waals surface area (Å²) in [4.78, 5) is 18.6. The fourth-order valence-electron chi connectivity index (χ4n) is 9.43. The van der Waals surface area contributed by atoms with Gasteiger partial charge in [-0.05, 0) is 89.4 Å². The van der Waals surface area contributed by atoms with E-state index in [0.717, 1.165) is 45.2 Å². The Hall–Kier alpha value is -4.35. The number of nitrogens with zero attached hydrogens (tertiary/aromatic N) is 5. The van der Waals surface area contributed by atoms with Crippen LogP contribution in [0.4, 0.5) is 14.6 Å². The number of likely N-dealkylation sites (tertiary alicyclic amines) is 1. The van der Waals surface area contributed by atoms with Gasteiger partial charge in [0.25, 0.3) is 0 Å². The summed E-state index contributed by atoms with van der Waals surface area (Å²) < 4.78 is 56.7. The van der Waals surface area contributed by atoms with Gasteiger partial charge in [-0.2, -0.15) is 9.97 Å². The molecule has 1 aliphatic carbocycles. The summed E-state index contributed by atoms with van der Waals surface area (Å²) in [5, 5.41) is 22.7. The molecule has 4 atom stereocenters. The van der Waals surface area contributed by atoms with E-state index in [1.807, 2.05) is 18.7 Å². The number of ether oxygens (including phenoxy) is 4. The number of benzene rings is 2. The standard InChI is InChI=1S/C41H47F2N5O6/c1-6-27-29(42)12-11-24-18-25(49)19-28(31(24)27)34-33(43)35-32(37(44-34)51-5)36(48-17-8-13-40(4,50)22-48)46-38(45-35)52-23-41-14-7-10-30(41)47(16-9-15-41)20-26-21-53-39(2,3)54-26/h1,11-12,18-19,26,30,49-50H,7-10,13-17,20-23H2,2-5H3/t26-,30+,40+,41+/m0/s1. The summed E-state index contributed by atoms with van der Waals surface area (Å²) >= 11 is 0. The van der Waals surface area contributed by atoms with Crippen LogP contribution in [0.3, 0.4) is 0 Å². The SMILES string of the molecule is C#Cc1c(F)ccc2cc(O)cc(-c3nc(OC)c4c(N5CCC[C@@](C)(O)C5)nc(OC[C@]56CCC[C@H]5N(C[C@H]5COC(C)(C)O5)CCC6)nc4c3F)c12. The second-order valence-electron chi connectivity index (χ2n) is 16.1. The number of aromatic nitrogens is 3. The molecule has 4 aromatic rings. The van der Waals surface area contributed by atoms with E-state index >= 15 is 8.78 Å². The molecule has 4 aliphatic rings. The molecule has 0 radical (unpaired) electrons. The zero-order chi connectivity index (χ0) is 38.0. The third-order valence-corrected chi connectivity index (χ3v) is 11.7. The highest BCUT2D eigenvalue weighted by molar-refractivity contribution is 6.04.